The number of nitrogens with zero attached hydrogens (tertiary/aromatic N) is 6. The van der Waals surface area contributed by atoms with Gasteiger partial charge in [-0.25, -0.2) is 15.0 Å². The third-order valence-electron chi connectivity index (χ3n) is 2.26. The van der Waals surface area contributed by atoms with Gasteiger partial charge in [0.05, 0.1) is 6.33 Å². The van der Waals surface area contributed by atoms with Crippen LogP contribution in [0, 0.1) is 0 Å². The fourth-order valence-electron chi connectivity index (χ4n) is 1.50. The maximum Gasteiger partial charge on any atom is 0.244 e. The Bertz CT molecular complexity index is 666. The molecule has 0 aromatic carbocycles. The van der Waals surface area contributed by atoms with Gasteiger partial charge in [0.1, 0.15) is 11.8 Å². The number of imidazole rings is 1. The lowest BCUT2D eigenvalue weighted by Crippen LogP contribution is -2.06. The predicted octanol–water partition coefficient (Wildman–Crippen LogP) is -0.443. The molecule has 3 rings (SSSR count). The summed E-state index contributed by atoms with van der Waals surface area (Å²) in [6, 6.07) is 0. The third kappa shape index (κ3) is 1.36. The molecule has 86 valence electrons. The van der Waals surface area contributed by atoms with E-state index in [1.165, 1.54) is 17.3 Å². The second-order valence-corrected chi connectivity index (χ2v) is 3.25. The number of aromatic amines is 1. The molecule has 0 saturated heterocycles. The first-order valence-electron chi connectivity index (χ1n) is 4.84. The molecule has 0 aliphatic carbocycles. The highest BCUT2D eigenvalue weighted by atomic mass is 15.4. The van der Waals surface area contributed by atoms with Crippen molar-refractivity contribution < 1.29 is 0 Å². The van der Waals surface area contributed by atoms with Crippen molar-refractivity contribution in [2.45, 2.75) is 0 Å². The molecular formula is C8H9N9. The summed E-state index contributed by atoms with van der Waals surface area (Å²) in [6.45, 7) is 0. The van der Waals surface area contributed by atoms with Crippen molar-refractivity contribution in [2.24, 2.45) is 0 Å². The van der Waals surface area contributed by atoms with Crippen LogP contribution in [0.1, 0.15) is 0 Å². The molecule has 3 heterocycles. The number of fused-ring (bicyclic) bond motifs is 1. The minimum absolute atomic E-state index is 0.240. The van der Waals surface area contributed by atoms with Gasteiger partial charge in [0.25, 0.3) is 0 Å². The van der Waals surface area contributed by atoms with Crippen LogP contribution in [0.4, 0.5) is 11.9 Å². The number of nitrogens with two attached hydrogens (primary N) is 1. The summed E-state index contributed by atoms with van der Waals surface area (Å²) in [7, 11) is 1.71. The number of aromatic nitrogens is 7. The smallest absolute Gasteiger partial charge is 0.244 e. The zero-order chi connectivity index (χ0) is 11.8. The molecule has 4 N–H and O–H groups in total. The van der Waals surface area contributed by atoms with Crippen LogP contribution in [0.25, 0.3) is 17.0 Å². The lowest BCUT2D eigenvalue weighted by atomic mass is 10.5. The molecule has 0 atom stereocenters. The van der Waals surface area contributed by atoms with Crippen molar-refractivity contribution in [3.63, 3.8) is 0 Å². The lowest BCUT2D eigenvalue weighted by molar-refractivity contribution is 0.860. The normalized spacial score (nSPS) is 10.9. The molecule has 17 heavy (non-hydrogen) atoms. The molecule has 0 bridgehead atoms. The van der Waals surface area contributed by atoms with E-state index in [0.717, 1.165) is 0 Å². The molecular weight excluding hydrogens is 222 g/mol. The average Bonchev–Trinajstić information content (AvgIpc) is 2.94. The molecule has 0 aliphatic heterocycles. The number of rotatable bonds is 2. The fraction of sp³-hybridized carbons (Fsp3) is 0.125. The van der Waals surface area contributed by atoms with E-state index in [4.69, 9.17) is 5.73 Å². The molecule has 0 amide bonds. The van der Waals surface area contributed by atoms with Crippen LogP contribution in [-0.2, 0) is 0 Å². The lowest BCUT2D eigenvalue weighted by Gasteiger charge is -2.01. The Kier molecular flexibility index (Phi) is 1.90. The Morgan fingerprint density at radius 3 is 3.00 bits per heavy atom. The Morgan fingerprint density at radius 2 is 2.24 bits per heavy atom. The van der Waals surface area contributed by atoms with Gasteiger partial charge < -0.3 is 16.0 Å². The number of hydrogen-bond donors (Lipinski definition) is 3. The SMILES string of the molecule is CNc1nc(N)n(-c2ncnc3nc[nH]c23)n1. The minimum Gasteiger partial charge on any atom is -0.368 e. The maximum absolute atomic E-state index is 5.76. The molecule has 3 aromatic rings. The van der Waals surface area contributed by atoms with Crippen LogP contribution < -0.4 is 11.1 Å². The summed E-state index contributed by atoms with van der Waals surface area (Å²) in [5.74, 6) is 1.18. The topological polar surface area (TPSA) is 123 Å². The predicted molar refractivity (Wildman–Crippen MR) is 60.6 cm³/mol. The van der Waals surface area contributed by atoms with Crippen molar-refractivity contribution in [1.82, 2.24) is 34.7 Å². The van der Waals surface area contributed by atoms with E-state index in [1.807, 2.05) is 0 Å². The Morgan fingerprint density at radius 1 is 1.35 bits per heavy atom. The van der Waals surface area contributed by atoms with E-state index < -0.39 is 0 Å². The Balaban J connectivity index is 2.26. The summed E-state index contributed by atoms with van der Waals surface area (Å²) in [4.78, 5) is 19.1. The van der Waals surface area contributed by atoms with Crippen molar-refractivity contribution >= 4 is 23.1 Å². The second kappa shape index (κ2) is 3.40. The van der Waals surface area contributed by atoms with Crippen LogP contribution in [0.15, 0.2) is 12.7 Å². The van der Waals surface area contributed by atoms with E-state index in [0.29, 0.717) is 22.9 Å². The highest BCUT2D eigenvalue weighted by Gasteiger charge is 2.13. The van der Waals surface area contributed by atoms with Crippen molar-refractivity contribution in [3.8, 4) is 5.82 Å². The largest absolute Gasteiger partial charge is 0.368 e. The van der Waals surface area contributed by atoms with Gasteiger partial charge in [-0.15, -0.1) is 5.10 Å². The van der Waals surface area contributed by atoms with Gasteiger partial charge in [0.2, 0.25) is 11.9 Å². The van der Waals surface area contributed by atoms with Crippen LogP contribution in [0.2, 0.25) is 0 Å². The minimum atomic E-state index is 0.240. The van der Waals surface area contributed by atoms with E-state index in [2.05, 4.69) is 35.3 Å². The zero-order valence-electron chi connectivity index (χ0n) is 8.92. The molecule has 0 radical (unpaired) electrons. The van der Waals surface area contributed by atoms with Crippen molar-refractivity contribution in [3.05, 3.63) is 12.7 Å². The molecule has 9 heteroatoms. The standard InChI is InChI=1S/C8H9N9/c1-10-8-15-7(9)17(16-8)6-4-5(12-2-11-4)13-3-14-6/h2-3H,1H3,(H3,9,10,15,16)(H,11,12,13,14). The molecule has 0 fully saturated rings. The molecule has 0 saturated carbocycles. The quantitative estimate of drug-likeness (QED) is 0.546. The van der Waals surface area contributed by atoms with Gasteiger partial charge in [-0.3, -0.25) is 0 Å². The monoisotopic (exact) mass is 231 g/mol. The fourth-order valence-corrected chi connectivity index (χ4v) is 1.50. The molecule has 0 unspecified atom stereocenters. The number of hydrogen-bond acceptors (Lipinski definition) is 7. The first-order valence-corrected chi connectivity index (χ1v) is 4.84. The number of anilines is 2. The van der Waals surface area contributed by atoms with Crippen LogP contribution in [-0.4, -0.2) is 41.7 Å². The Labute approximate surface area is 95.1 Å². The van der Waals surface area contributed by atoms with Crippen LogP contribution >= 0.6 is 0 Å². The molecule has 0 spiro atoms. The Hall–Kier alpha value is -2.71. The van der Waals surface area contributed by atoms with Crippen molar-refractivity contribution in [1.29, 1.82) is 0 Å². The summed E-state index contributed by atoms with van der Waals surface area (Å²) >= 11 is 0. The maximum atomic E-state index is 5.76. The third-order valence-corrected chi connectivity index (χ3v) is 2.26. The van der Waals surface area contributed by atoms with Gasteiger partial charge in [0.15, 0.2) is 11.5 Å². The molecule has 9 nitrogen and oxygen atoms in total. The van der Waals surface area contributed by atoms with Crippen molar-refractivity contribution in [2.75, 3.05) is 18.1 Å². The number of nitrogen functional groups attached to an aromatic ring is 1. The van der Waals surface area contributed by atoms with E-state index in [1.54, 1.807) is 7.05 Å². The van der Waals surface area contributed by atoms with E-state index in [-0.39, 0.29) is 5.95 Å². The van der Waals surface area contributed by atoms with E-state index in [9.17, 15) is 0 Å². The van der Waals surface area contributed by atoms with Gasteiger partial charge in [0, 0.05) is 7.05 Å². The van der Waals surface area contributed by atoms with Crippen LogP contribution in [0.3, 0.4) is 0 Å². The molecule has 0 aliphatic rings. The van der Waals surface area contributed by atoms with Gasteiger partial charge >= 0.3 is 0 Å². The van der Waals surface area contributed by atoms with E-state index >= 15 is 0 Å². The highest BCUT2D eigenvalue weighted by molar-refractivity contribution is 5.77. The highest BCUT2D eigenvalue weighted by Crippen LogP contribution is 2.17. The average molecular weight is 231 g/mol. The number of H-pyrrole nitrogens is 1. The first-order chi connectivity index (χ1) is 8.29. The summed E-state index contributed by atoms with van der Waals surface area (Å²) in [5, 5.41) is 6.97. The first kappa shape index (κ1) is 9.51. The van der Waals surface area contributed by atoms with Crippen LogP contribution in [0.5, 0.6) is 0 Å². The summed E-state index contributed by atoms with van der Waals surface area (Å²) in [6.07, 6.45) is 2.94. The summed E-state index contributed by atoms with van der Waals surface area (Å²) in [5.41, 5.74) is 6.97. The van der Waals surface area contributed by atoms with Gasteiger partial charge in [-0.1, -0.05) is 0 Å². The number of nitrogens with one attached hydrogen (secondary N) is 2. The second-order valence-electron chi connectivity index (χ2n) is 3.25. The van der Waals surface area contributed by atoms with Gasteiger partial charge in [-0.05, 0) is 0 Å². The summed E-state index contributed by atoms with van der Waals surface area (Å²) < 4.78 is 1.42. The zero-order valence-corrected chi connectivity index (χ0v) is 8.92. The molecule has 3 aromatic heterocycles. The van der Waals surface area contributed by atoms with Gasteiger partial charge in [-0.2, -0.15) is 9.67 Å².